The fourth-order valence-corrected chi connectivity index (χ4v) is 2.46. The maximum Gasteiger partial charge on any atom is 0.167 e. The van der Waals surface area contributed by atoms with Crippen molar-refractivity contribution in [3.8, 4) is 0 Å². The van der Waals surface area contributed by atoms with Gasteiger partial charge >= 0.3 is 0 Å². The normalized spacial score (nSPS) is 29.2. The number of aliphatic hydroxyl groups excluding tert-OH is 3. The highest BCUT2D eigenvalue weighted by Gasteiger charge is 2.44. The summed E-state index contributed by atoms with van der Waals surface area (Å²) >= 11 is 0. The molecule has 2 aromatic rings. The van der Waals surface area contributed by atoms with Crippen LogP contribution in [0, 0.1) is 0 Å². The number of aliphatic hydroxyl groups is 3. The van der Waals surface area contributed by atoms with Crippen LogP contribution in [0.25, 0.3) is 11.2 Å². The van der Waals surface area contributed by atoms with Crippen molar-refractivity contribution in [3.63, 3.8) is 0 Å². The van der Waals surface area contributed by atoms with Crippen LogP contribution >= 0.6 is 0 Å². The van der Waals surface area contributed by atoms with Gasteiger partial charge in [-0.15, -0.1) is 0 Å². The third kappa shape index (κ3) is 2.14. The van der Waals surface area contributed by atoms with Crippen LogP contribution in [0.2, 0.25) is 0 Å². The highest BCUT2D eigenvalue weighted by Crippen LogP contribution is 2.32. The van der Waals surface area contributed by atoms with E-state index in [0.29, 0.717) is 17.0 Å². The lowest BCUT2D eigenvalue weighted by Crippen LogP contribution is -2.33. The number of rotatable bonds is 3. The summed E-state index contributed by atoms with van der Waals surface area (Å²) in [6.45, 7) is -0.376. The lowest BCUT2D eigenvalue weighted by atomic mass is 10.1. The molecule has 0 bridgehead atoms. The first-order valence-electron chi connectivity index (χ1n) is 6.52. The molecule has 3 N–H and O–H groups in total. The van der Waals surface area contributed by atoms with E-state index < -0.39 is 24.5 Å². The molecular weight excluding hydrogens is 278 g/mol. The fourth-order valence-electron chi connectivity index (χ4n) is 2.46. The highest BCUT2D eigenvalue weighted by atomic mass is 16.6. The SMILES string of the molecule is CN(C)c1ncnc2c1ncn2[C@@H]1OC(CO)C(O)C1O. The predicted molar refractivity (Wildman–Crippen MR) is 72.7 cm³/mol. The van der Waals surface area contributed by atoms with E-state index in [1.165, 1.54) is 17.2 Å². The van der Waals surface area contributed by atoms with Gasteiger partial charge in [-0.3, -0.25) is 4.57 Å². The molecule has 3 rings (SSSR count). The molecule has 4 atom stereocenters. The third-order valence-corrected chi connectivity index (χ3v) is 3.55. The molecule has 0 aromatic carbocycles. The Labute approximate surface area is 120 Å². The molecule has 0 radical (unpaired) electrons. The minimum absolute atomic E-state index is 0.376. The minimum Gasteiger partial charge on any atom is -0.394 e. The van der Waals surface area contributed by atoms with E-state index in [-0.39, 0.29) is 6.61 Å². The van der Waals surface area contributed by atoms with Crippen LogP contribution in [0.15, 0.2) is 12.7 Å². The van der Waals surface area contributed by atoms with E-state index >= 15 is 0 Å². The summed E-state index contributed by atoms with van der Waals surface area (Å²) < 4.78 is 7.02. The van der Waals surface area contributed by atoms with Crippen LogP contribution in [0.1, 0.15) is 6.23 Å². The Kier molecular flexibility index (Phi) is 3.49. The average molecular weight is 295 g/mol. The number of hydrogen-bond donors (Lipinski definition) is 3. The van der Waals surface area contributed by atoms with Gasteiger partial charge in [-0.2, -0.15) is 0 Å². The molecule has 3 heterocycles. The molecule has 2 aromatic heterocycles. The molecule has 0 spiro atoms. The number of ether oxygens (including phenoxy) is 1. The summed E-state index contributed by atoms with van der Waals surface area (Å²) in [5.41, 5.74) is 1.06. The van der Waals surface area contributed by atoms with Crippen molar-refractivity contribution < 1.29 is 20.1 Å². The van der Waals surface area contributed by atoms with Gasteiger partial charge in [-0.1, -0.05) is 0 Å². The van der Waals surface area contributed by atoms with E-state index in [0.717, 1.165) is 0 Å². The summed E-state index contributed by atoms with van der Waals surface area (Å²) in [4.78, 5) is 14.4. The fraction of sp³-hybridized carbons (Fsp3) is 0.583. The van der Waals surface area contributed by atoms with Crippen molar-refractivity contribution in [2.24, 2.45) is 0 Å². The second-order valence-corrected chi connectivity index (χ2v) is 5.14. The maximum atomic E-state index is 10.1. The second kappa shape index (κ2) is 5.19. The van der Waals surface area contributed by atoms with Gasteiger partial charge in [0.2, 0.25) is 0 Å². The van der Waals surface area contributed by atoms with Gasteiger partial charge in [-0.25, -0.2) is 15.0 Å². The van der Waals surface area contributed by atoms with Crippen LogP contribution in [0.3, 0.4) is 0 Å². The highest BCUT2D eigenvalue weighted by molar-refractivity contribution is 5.83. The van der Waals surface area contributed by atoms with E-state index in [9.17, 15) is 10.2 Å². The zero-order valence-corrected chi connectivity index (χ0v) is 11.7. The Balaban J connectivity index is 2.04. The van der Waals surface area contributed by atoms with Crippen molar-refractivity contribution in [1.29, 1.82) is 0 Å². The molecule has 21 heavy (non-hydrogen) atoms. The van der Waals surface area contributed by atoms with E-state index in [4.69, 9.17) is 9.84 Å². The quantitative estimate of drug-likeness (QED) is 0.626. The molecule has 1 fully saturated rings. The Hall–Kier alpha value is -1.81. The van der Waals surface area contributed by atoms with Crippen molar-refractivity contribution in [1.82, 2.24) is 19.5 Å². The number of fused-ring (bicyclic) bond motifs is 1. The molecule has 0 aliphatic carbocycles. The van der Waals surface area contributed by atoms with Crippen molar-refractivity contribution in [3.05, 3.63) is 12.7 Å². The Morgan fingerprint density at radius 3 is 2.62 bits per heavy atom. The van der Waals surface area contributed by atoms with Crippen LogP contribution in [0.5, 0.6) is 0 Å². The summed E-state index contributed by atoms with van der Waals surface area (Å²) in [5, 5.41) is 29.1. The molecule has 0 saturated carbocycles. The van der Waals surface area contributed by atoms with Crippen LogP contribution in [0.4, 0.5) is 5.82 Å². The van der Waals surface area contributed by atoms with Gasteiger partial charge in [0.05, 0.1) is 12.9 Å². The minimum atomic E-state index is -1.17. The molecule has 0 amide bonds. The van der Waals surface area contributed by atoms with Crippen molar-refractivity contribution >= 4 is 17.0 Å². The Morgan fingerprint density at radius 1 is 1.24 bits per heavy atom. The molecular formula is C12H17N5O4. The Morgan fingerprint density at radius 2 is 2.00 bits per heavy atom. The standard InChI is InChI=1S/C12H17N5O4/c1-16(2)10-7-11(14-4-13-10)17(5-15-7)12-9(20)8(19)6(3-18)21-12/h4-6,8-9,12,18-20H,3H2,1-2H3/t6?,8?,9?,12-/m1/s1. The summed E-state index contributed by atoms with van der Waals surface area (Å²) in [7, 11) is 3.68. The first-order chi connectivity index (χ1) is 10.0. The molecule has 114 valence electrons. The average Bonchev–Trinajstić information content (AvgIpc) is 3.01. The molecule has 1 aliphatic heterocycles. The van der Waals surface area contributed by atoms with E-state index in [1.54, 1.807) is 4.90 Å². The Bertz CT molecular complexity index is 646. The first kappa shape index (κ1) is 14.1. The zero-order chi connectivity index (χ0) is 15.1. The van der Waals surface area contributed by atoms with E-state index in [2.05, 4.69) is 15.0 Å². The number of nitrogens with zero attached hydrogens (tertiary/aromatic N) is 5. The lowest BCUT2D eigenvalue weighted by Gasteiger charge is -2.17. The van der Waals surface area contributed by atoms with Crippen LogP contribution < -0.4 is 4.90 Å². The monoisotopic (exact) mass is 295 g/mol. The maximum absolute atomic E-state index is 10.1. The van der Waals surface area contributed by atoms with Crippen molar-refractivity contribution in [2.45, 2.75) is 24.5 Å². The summed E-state index contributed by atoms with van der Waals surface area (Å²) in [6, 6.07) is 0. The second-order valence-electron chi connectivity index (χ2n) is 5.14. The van der Waals surface area contributed by atoms with Crippen LogP contribution in [-0.2, 0) is 4.74 Å². The molecule has 1 saturated heterocycles. The smallest absolute Gasteiger partial charge is 0.167 e. The van der Waals surface area contributed by atoms with Gasteiger partial charge in [0.25, 0.3) is 0 Å². The number of aromatic nitrogens is 4. The van der Waals surface area contributed by atoms with Gasteiger partial charge in [0.1, 0.15) is 24.6 Å². The van der Waals surface area contributed by atoms with Gasteiger partial charge in [0.15, 0.2) is 23.2 Å². The molecule has 9 heteroatoms. The largest absolute Gasteiger partial charge is 0.394 e. The number of hydrogen-bond acceptors (Lipinski definition) is 8. The van der Waals surface area contributed by atoms with Gasteiger partial charge < -0.3 is 25.0 Å². The predicted octanol–water partition coefficient (Wildman–Crippen LogP) is -1.50. The molecule has 3 unspecified atom stereocenters. The van der Waals surface area contributed by atoms with E-state index in [1.807, 2.05) is 14.1 Å². The third-order valence-electron chi connectivity index (χ3n) is 3.55. The lowest BCUT2D eigenvalue weighted by molar-refractivity contribution is -0.0511. The first-order valence-corrected chi connectivity index (χ1v) is 6.52. The zero-order valence-electron chi connectivity index (χ0n) is 11.7. The molecule has 1 aliphatic rings. The number of imidazole rings is 1. The van der Waals surface area contributed by atoms with Gasteiger partial charge in [-0.05, 0) is 0 Å². The molecule has 9 nitrogen and oxygen atoms in total. The summed E-state index contributed by atoms with van der Waals surface area (Å²) in [6.07, 6.45) is -1.14. The van der Waals surface area contributed by atoms with Crippen LogP contribution in [-0.4, -0.2) is 73.9 Å². The topological polar surface area (TPSA) is 117 Å². The van der Waals surface area contributed by atoms with Crippen molar-refractivity contribution in [2.75, 3.05) is 25.6 Å². The summed E-state index contributed by atoms with van der Waals surface area (Å²) in [5.74, 6) is 0.644. The number of anilines is 1. The van der Waals surface area contributed by atoms with Gasteiger partial charge in [0, 0.05) is 14.1 Å².